The highest BCUT2D eigenvalue weighted by atomic mass is 35.5. The van der Waals surface area contributed by atoms with Gasteiger partial charge in [-0.15, -0.1) is 10.1 Å². The normalized spacial score (nSPS) is 9.10. The lowest BCUT2D eigenvalue weighted by molar-refractivity contribution is -0.742. The van der Waals surface area contributed by atoms with E-state index in [1.165, 1.54) is 0 Å². The maximum absolute atomic E-state index is 8.36. The Morgan fingerprint density at radius 3 is 2.50 bits per heavy atom. The first-order chi connectivity index (χ1) is 9.32. The van der Waals surface area contributed by atoms with Crippen LogP contribution in [0.25, 0.3) is 0 Å². The van der Waals surface area contributed by atoms with Crippen LogP contribution >= 0.6 is 23.2 Å². The smallest absolute Gasteiger partial charge is 0.291 e. The van der Waals surface area contributed by atoms with Gasteiger partial charge in [0.1, 0.15) is 5.75 Å². The Bertz CT molecular complexity index is 463. The van der Waals surface area contributed by atoms with Crippen LogP contribution in [0.15, 0.2) is 23.2 Å². The summed E-state index contributed by atoms with van der Waals surface area (Å²) < 4.78 is 5.43. The van der Waals surface area contributed by atoms with Gasteiger partial charge in [-0.1, -0.05) is 23.2 Å². The van der Waals surface area contributed by atoms with Crippen LogP contribution in [0.3, 0.4) is 0 Å². The van der Waals surface area contributed by atoms with Gasteiger partial charge in [-0.25, -0.2) is 0 Å². The number of benzene rings is 1. The molecule has 0 radical (unpaired) electrons. The van der Waals surface area contributed by atoms with E-state index >= 15 is 0 Å². The van der Waals surface area contributed by atoms with E-state index in [0.717, 1.165) is 6.42 Å². The molecule has 0 fully saturated rings. The third-order valence-corrected chi connectivity index (χ3v) is 2.50. The van der Waals surface area contributed by atoms with Crippen LogP contribution in [0.4, 0.5) is 0 Å². The number of nitrogens with two attached hydrogens (primary N) is 2. The van der Waals surface area contributed by atoms with Crippen molar-refractivity contribution in [3.05, 3.63) is 38.4 Å². The molecule has 0 heterocycles. The molecule has 0 aliphatic heterocycles. The second kappa shape index (κ2) is 9.93. The van der Waals surface area contributed by atoms with Gasteiger partial charge in [-0.05, 0) is 12.1 Å². The lowest BCUT2D eigenvalue weighted by atomic mass is 10.3. The Labute approximate surface area is 125 Å². The fourth-order valence-corrected chi connectivity index (χ4v) is 1.32. The zero-order chi connectivity index (χ0) is 15.5. The average Bonchev–Trinajstić information content (AvgIpc) is 2.32. The predicted octanol–water partition coefficient (Wildman–Crippen LogP) is 1.69. The van der Waals surface area contributed by atoms with E-state index in [1.807, 2.05) is 0 Å². The van der Waals surface area contributed by atoms with Gasteiger partial charge < -0.3 is 21.4 Å². The Kier molecular flexibility index (Phi) is 8.97. The van der Waals surface area contributed by atoms with Crippen molar-refractivity contribution < 1.29 is 15.0 Å². The molecule has 0 saturated heterocycles. The van der Waals surface area contributed by atoms with E-state index in [1.54, 1.807) is 18.2 Å². The molecule has 0 spiro atoms. The Morgan fingerprint density at radius 2 is 2.00 bits per heavy atom. The monoisotopic (exact) mass is 324 g/mol. The number of halogens is 2. The van der Waals surface area contributed by atoms with Crippen molar-refractivity contribution in [2.75, 3.05) is 13.2 Å². The molecule has 0 amide bonds. The summed E-state index contributed by atoms with van der Waals surface area (Å²) in [4.78, 5) is 12.2. The summed E-state index contributed by atoms with van der Waals surface area (Å²) in [5.41, 5.74) is 10.4. The fourth-order valence-electron chi connectivity index (χ4n) is 1.03. The highest BCUT2D eigenvalue weighted by molar-refractivity contribution is 6.42. The highest BCUT2D eigenvalue weighted by Gasteiger charge is 1.99. The van der Waals surface area contributed by atoms with E-state index in [2.05, 4.69) is 4.99 Å². The van der Waals surface area contributed by atoms with Gasteiger partial charge in [-0.2, -0.15) is 0 Å². The minimum atomic E-state index is -1.50. The molecular weight excluding hydrogens is 311 g/mol. The predicted molar refractivity (Wildman–Crippen MR) is 76.0 cm³/mol. The zero-order valence-electron chi connectivity index (χ0n) is 10.3. The summed E-state index contributed by atoms with van der Waals surface area (Å²) in [7, 11) is 0. The maximum Gasteiger partial charge on any atom is 0.291 e. The number of rotatable bonds is 5. The van der Waals surface area contributed by atoms with Crippen molar-refractivity contribution in [2.24, 2.45) is 16.5 Å². The Hall–Kier alpha value is -1.93. The fraction of sp³-hybridized carbons (Fsp3) is 0.300. The first-order valence-electron chi connectivity index (χ1n) is 5.29. The van der Waals surface area contributed by atoms with Gasteiger partial charge in [0.2, 0.25) is 0 Å². The van der Waals surface area contributed by atoms with Gasteiger partial charge >= 0.3 is 0 Å². The van der Waals surface area contributed by atoms with Crippen LogP contribution in [-0.2, 0) is 0 Å². The van der Waals surface area contributed by atoms with Crippen LogP contribution in [0.1, 0.15) is 6.42 Å². The molecular formula is C10H14Cl2N4O4. The second-order valence-corrected chi connectivity index (χ2v) is 4.14. The molecule has 10 heteroatoms. The summed E-state index contributed by atoms with van der Waals surface area (Å²) in [5, 5.41) is 14.6. The van der Waals surface area contributed by atoms with Crippen molar-refractivity contribution in [2.45, 2.75) is 6.42 Å². The third kappa shape index (κ3) is 10.0. The average molecular weight is 325 g/mol. The molecule has 0 aliphatic carbocycles. The summed E-state index contributed by atoms with van der Waals surface area (Å²) in [6.45, 7) is 1.07. The van der Waals surface area contributed by atoms with E-state index in [-0.39, 0.29) is 5.96 Å². The molecule has 0 unspecified atom stereocenters. The standard InChI is InChI=1S/C10H13Cl2N3O.HNO3/c11-8-3-2-7(6-9(8)12)16-5-1-4-15-10(13)14;2-1(3)4/h2-3,6H,1,4-5H2,(H4,13,14,15);(H,2,3,4). The van der Waals surface area contributed by atoms with Gasteiger partial charge in [0.15, 0.2) is 5.96 Å². The number of aliphatic imine (C=N–C) groups is 1. The van der Waals surface area contributed by atoms with E-state index < -0.39 is 5.09 Å². The third-order valence-electron chi connectivity index (χ3n) is 1.76. The topological polar surface area (TPSA) is 137 Å². The molecule has 0 bridgehead atoms. The van der Waals surface area contributed by atoms with Crippen LogP contribution in [-0.4, -0.2) is 29.4 Å². The molecule has 0 saturated carbocycles. The molecule has 112 valence electrons. The maximum atomic E-state index is 8.36. The summed E-state index contributed by atoms with van der Waals surface area (Å²) in [6.07, 6.45) is 0.734. The lowest BCUT2D eigenvalue weighted by Crippen LogP contribution is -2.23. The molecule has 1 rings (SSSR count). The van der Waals surface area contributed by atoms with E-state index in [9.17, 15) is 0 Å². The van der Waals surface area contributed by atoms with Crippen molar-refractivity contribution in [3.63, 3.8) is 0 Å². The van der Waals surface area contributed by atoms with Gasteiger partial charge in [0.25, 0.3) is 5.09 Å². The molecule has 0 atom stereocenters. The summed E-state index contributed by atoms with van der Waals surface area (Å²) in [5.74, 6) is 0.772. The number of ether oxygens (including phenoxy) is 1. The van der Waals surface area contributed by atoms with Gasteiger partial charge in [-0.3, -0.25) is 4.99 Å². The number of hydrogen-bond acceptors (Lipinski definition) is 4. The SMILES string of the molecule is NC(N)=NCCCOc1ccc(Cl)c(Cl)c1.O=[N+]([O-])O. The molecule has 5 N–H and O–H groups in total. The summed E-state index contributed by atoms with van der Waals surface area (Å²) >= 11 is 11.6. The highest BCUT2D eigenvalue weighted by Crippen LogP contribution is 2.26. The first kappa shape index (κ1) is 18.1. The number of hydrogen-bond donors (Lipinski definition) is 3. The molecule has 1 aromatic rings. The molecule has 20 heavy (non-hydrogen) atoms. The molecule has 1 aromatic carbocycles. The summed E-state index contributed by atoms with van der Waals surface area (Å²) in [6, 6.07) is 5.12. The largest absolute Gasteiger partial charge is 0.493 e. The van der Waals surface area contributed by atoms with Crippen molar-refractivity contribution in [3.8, 4) is 5.75 Å². The molecule has 0 aliphatic rings. The van der Waals surface area contributed by atoms with Gasteiger partial charge in [0, 0.05) is 19.0 Å². The quantitative estimate of drug-likeness (QED) is 0.248. The van der Waals surface area contributed by atoms with Crippen molar-refractivity contribution >= 4 is 29.2 Å². The first-order valence-corrected chi connectivity index (χ1v) is 6.05. The Balaban J connectivity index is 0.000000796. The van der Waals surface area contributed by atoms with E-state index in [4.69, 9.17) is 54.7 Å². The lowest BCUT2D eigenvalue weighted by Gasteiger charge is -2.05. The van der Waals surface area contributed by atoms with Crippen LogP contribution in [0.5, 0.6) is 5.75 Å². The van der Waals surface area contributed by atoms with Crippen molar-refractivity contribution in [1.29, 1.82) is 0 Å². The number of nitrogens with zero attached hydrogens (tertiary/aromatic N) is 2. The van der Waals surface area contributed by atoms with Crippen LogP contribution < -0.4 is 16.2 Å². The second-order valence-electron chi connectivity index (χ2n) is 3.32. The van der Waals surface area contributed by atoms with Crippen LogP contribution in [0, 0.1) is 10.1 Å². The minimum absolute atomic E-state index is 0.0922. The van der Waals surface area contributed by atoms with Crippen LogP contribution in [0.2, 0.25) is 10.0 Å². The van der Waals surface area contributed by atoms with Gasteiger partial charge in [0.05, 0.1) is 16.7 Å². The molecule has 0 aromatic heterocycles. The Morgan fingerprint density at radius 1 is 1.40 bits per heavy atom. The van der Waals surface area contributed by atoms with Crippen molar-refractivity contribution in [1.82, 2.24) is 0 Å². The number of guanidine groups is 1. The molecule has 8 nitrogen and oxygen atoms in total. The van der Waals surface area contributed by atoms with E-state index in [0.29, 0.717) is 28.9 Å². The zero-order valence-corrected chi connectivity index (χ0v) is 11.8. The minimum Gasteiger partial charge on any atom is -0.493 e.